The van der Waals surface area contributed by atoms with Gasteiger partial charge < -0.3 is 9.47 Å². The largest absolute Gasteiger partial charge is 0.402 e. The van der Waals surface area contributed by atoms with Crippen molar-refractivity contribution in [2.75, 3.05) is 0 Å². The molecule has 166 valence electrons. The first kappa shape index (κ1) is 22.2. The number of ether oxygens (including phenoxy) is 2. The van der Waals surface area contributed by atoms with Gasteiger partial charge in [0.15, 0.2) is 11.4 Å². The van der Waals surface area contributed by atoms with E-state index in [1.54, 1.807) is 12.2 Å². The van der Waals surface area contributed by atoms with Gasteiger partial charge in [0, 0.05) is 20.1 Å². The van der Waals surface area contributed by atoms with Crippen LogP contribution in [0, 0.1) is 0 Å². The first-order chi connectivity index (χ1) is 16.4. The number of hydrogen-bond acceptors (Lipinski definition) is 6. The lowest BCUT2D eigenvalue weighted by Gasteiger charge is -1.98. The Bertz CT molecular complexity index is 1310. The van der Waals surface area contributed by atoms with E-state index < -0.39 is 11.9 Å². The van der Waals surface area contributed by atoms with Gasteiger partial charge in [0.25, 0.3) is 0 Å². The average molecular weight is 578 g/mol. The highest BCUT2D eigenvalue weighted by molar-refractivity contribution is 9.10. The van der Waals surface area contributed by atoms with Crippen molar-refractivity contribution in [1.82, 2.24) is 0 Å². The Morgan fingerprint density at radius 3 is 1.26 bits per heavy atom. The topological polar surface area (TPSA) is 77.3 Å². The first-order valence-electron chi connectivity index (χ1n) is 10.1. The van der Waals surface area contributed by atoms with Crippen LogP contribution in [0.1, 0.15) is 22.3 Å². The fraction of sp³-hybridized carbons (Fsp3) is 0. The number of benzene rings is 3. The maximum atomic E-state index is 12.2. The molecule has 0 unspecified atom stereocenters. The summed E-state index contributed by atoms with van der Waals surface area (Å²) in [7, 11) is 0. The zero-order chi connectivity index (χ0) is 23.7. The van der Waals surface area contributed by atoms with Gasteiger partial charge in [-0.05, 0) is 71.8 Å². The van der Waals surface area contributed by atoms with Gasteiger partial charge in [0.2, 0.25) is 11.8 Å². The summed E-state index contributed by atoms with van der Waals surface area (Å²) in [5, 5.41) is 0. The standard InChI is InChI=1S/C26H14Br2N2O4/c27-19-9-5-17(6-10-19)23-29-21(25(31)33-23)13-15-1-2-16(4-3-15)14-22-26(32)34-24(30-22)18-7-11-20(28)12-8-18/h1-14H/b21-13-,22-14-. The number of cyclic esters (lactones) is 2. The van der Waals surface area contributed by atoms with Crippen molar-refractivity contribution < 1.29 is 19.1 Å². The van der Waals surface area contributed by atoms with Crippen LogP contribution in [0.25, 0.3) is 12.2 Å². The highest BCUT2D eigenvalue weighted by atomic mass is 79.9. The molecular weight excluding hydrogens is 564 g/mol. The molecular formula is C26H14Br2N2O4. The minimum atomic E-state index is -0.507. The SMILES string of the molecule is O=C1OC(c2ccc(Br)cc2)=N/C1=C\c1ccc(/C=C2\N=C(c3ccc(Br)cc3)OC2=O)cc1. The Hall–Kier alpha value is -3.62. The number of carbonyl (C=O) groups is 2. The minimum Gasteiger partial charge on any atom is -0.402 e. The van der Waals surface area contributed by atoms with E-state index in [0.717, 1.165) is 20.1 Å². The number of carbonyl (C=O) groups excluding carboxylic acids is 2. The van der Waals surface area contributed by atoms with E-state index in [-0.39, 0.29) is 23.2 Å². The van der Waals surface area contributed by atoms with Crippen molar-refractivity contribution in [3.63, 3.8) is 0 Å². The number of aliphatic imine (C=N–C) groups is 2. The first-order valence-corrected chi connectivity index (χ1v) is 11.7. The van der Waals surface area contributed by atoms with Crippen LogP contribution < -0.4 is 0 Å². The van der Waals surface area contributed by atoms with Crippen LogP contribution in [-0.4, -0.2) is 23.7 Å². The van der Waals surface area contributed by atoms with Crippen molar-refractivity contribution in [1.29, 1.82) is 0 Å². The van der Waals surface area contributed by atoms with Crippen molar-refractivity contribution in [3.05, 3.63) is 115 Å². The Balaban J connectivity index is 1.34. The van der Waals surface area contributed by atoms with E-state index in [9.17, 15) is 9.59 Å². The second kappa shape index (κ2) is 9.32. The number of hydrogen-bond donors (Lipinski definition) is 0. The maximum Gasteiger partial charge on any atom is 0.363 e. The molecule has 0 radical (unpaired) electrons. The summed E-state index contributed by atoms with van der Waals surface area (Å²) in [4.78, 5) is 33.1. The van der Waals surface area contributed by atoms with E-state index in [2.05, 4.69) is 41.8 Å². The molecule has 0 spiro atoms. The Kier molecular flexibility index (Phi) is 6.08. The van der Waals surface area contributed by atoms with Crippen molar-refractivity contribution in [2.45, 2.75) is 0 Å². The molecule has 2 heterocycles. The van der Waals surface area contributed by atoms with E-state index >= 15 is 0 Å². The zero-order valence-corrected chi connectivity index (χ0v) is 20.5. The average Bonchev–Trinajstić information content (AvgIpc) is 3.38. The van der Waals surface area contributed by atoms with Gasteiger partial charge in [-0.15, -0.1) is 0 Å². The molecule has 3 aromatic carbocycles. The number of rotatable bonds is 4. The molecule has 3 aromatic rings. The van der Waals surface area contributed by atoms with Gasteiger partial charge in [-0.2, -0.15) is 0 Å². The van der Waals surface area contributed by atoms with Gasteiger partial charge >= 0.3 is 11.9 Å². The number of halogens is 2. The van der Waals surface area contributed by atoms with Crippen molar-refractivity contribution in [3.8, 4) is 0 Å². The van der Waals surface area contributed by atoms with Gasteiger partial charge in [0.1, 0.15) is 0 Å². The zero-order valence-electron chi connectivity index (χ0n) is 17.4. The second-order valence-corrected chi connectivity index (χ2v) is 9.18. The monoisotopic (exact) mass is 576 g/mol. The molecule has 2 aliphatic rings. The molecule has 0 aliphatic carbocycles. The summed E-state index contributed by atoms with van der Waals surface area (Å²) in [5.41, 5.74) is 3.40. The molecule has 0 atom stereocenters. The summed E-state index contributed by atoms with van der Waals surface area (Å²) in [6, 6.07) is 22.0. The predicted octanol–water partition coefficient (Wildman–Crippen LogP) is 5.90. The molecule has 2 aliphatic heterocycles. The lowest BCUT2D eigenvalue weighted by atomic mass is 10.1. The van der Waals surface area contributed by atoms with Crippen LogP contribution in [0.15, 0.2) is 103 Å². The molecule has 5 rings (SSSR count). The van der Waals surface area contributed by atoms with Gasteiger partial charge in [-0.3, -0.25) is 0 Å². The van der Waals surface area contributed by atoms with E-state index in [1.807, 2.05) is 72.8 Å². The van der Waals surface area contributed by atoms with E-state index in [1.165, 1.54) is 0 Å². The van der Waals surface area contributed by atoms with E-state index in [4.69, 9.17) is 9.47 Å². The van der Waals surface area contributed by atoms with Gasteiger partial charge in [-0.1, -0.05) is 56.1 Å². The molecule has 0 fully saturated rings. The quantitative estimate of drug-likeness (QED) is 0.286. The molecule has 6 nitrogen and oxygen atoms in total. The Morgan fingerprint density at radius 1 is 0.559 bits per heavy atom. The molecule has 0 saturated carbocycles. The third-order valence-electron chi connectivity index (χ3n) is 4.97. The molecule has 0 N–H and O–H groups in total. The predicted molar refractivity (Wildman–Crippen MR) is 136 cm³/mol. The lowest BCUT2D eigenvalue weighted by molar-refractivity contribution is -0.130. The molecule has 0 saturated heterocycles. The summed E-state index contributed by atoms with van der Waals surface area (Å²) >= 11 is 6.75. The van der Waals surface area contributed by atoms with Crippen LogP contribution in [0.3, 0.4) is 0 Å². The molecule has 0 bridgehead atoms. The van der Waals surface area contributed by atoms with Crippen LogP contribution in [0.5, 0.6) is 0 Å². The Morgan fingerprint density at radius 2 is 0.912 bits per heavy atom. The van der Waals surface area contributed by atoms with Crippen LogP contribution >= 0.6 is 31.9 Å². The molecule has 0 amide bonds. The van der Waals surface area contributed by atoms with Crippen LogP contribution in [0.2, 0.25) is 0 Å². The molecule has 8 heteroatoms. The lowest BCUT2D eigenvalue weighted by Crippen LogP contribution is -2.05. The summed E-state index contributed by atoms with van der Waals surface area (Å²) in [5.74, 6) is -0.478. The van der Waals surface area contributed by atoms with Crippen molar-refractivity contribution >= 4 is 67.7 Å². The molecule has 0 aromatic heterocycles. The minimum absolute atomic E-state index is 0.215. The van der Waals surface area contributed by atoms with Crippen LogP contribution in [-0.2, 0) is 19.1 Å². The van der Waals surface area contributed by atoms with E-state index in [0.29, 0.717) is 11.1 Å². The normalized spacial score (nSPS) is 17.6. The van der Waals surface area contributed by atoms with Crippen LogP contribution in [0.4, 0.5) is 0 Å². The highest BCUT2D eigenvalue weighted by Gasteiger charge is 2.25. The highest BCUT2D eigenvalue weighted by Crippen LogP contribution is 2.23. The third-order valence-corrected chi connectivity index (χ3v) is 6.02. The number of esters is 2. The Labute approximate surface area is 211 Å². The van der Waals surface area contributed by atoms with Crippen molar-refractivity contribution in [2.24, 2.45) is 9.98 Å². The second-order valence-electron chi connectivity index (χ2n) is 7.35. The fourth-order valence-electron chi connectivity index (χ4n) is 3.25. The number of nitrogens with zero attached hydrogens (tertiary/aromatic N) is 2. The summed E-state index contributed by atoms with van der Waals surface area (Å²) in [6.07, 6.45) is 3.30. The third kappa shape index (κ3) is 4.83. The van der Waals surface area contributed by atoms with Gasteiger partial charge in [-0.25, -0.2) is 19.6 Å². The smallest absolute Gasteiger partial charge is 0.363 e. The summed E-state index contributed by atoms with van der Waals surface area (Å²) in [6.45, 7) is 0. The van der Waals surface area contributed by atoms with Gasteiger partial charge in [0.05, 0.1) is 0 Å². The maximum absolute atomic E-state index is 12.2. The fourth-order valence-corrected chi connectivity index (χ4v) is 3.78. The summed E-state index contributed by atoms with van der Waals surface area (Å²) < 4.78 is 12.4. The molecule has 34 heavy (non-hydrogen) atoms.